The van der Waals surface area contributed by atoms with E-state index in [2.05, 4.69) is 10.2 Å². The van der Waals surface area contributed by atoms with Crippen LogP contribution in [0.25, 0.3) is 0 Å². The summed E-state index contributed by atoms with van der Waals surface area (Å²) in [5.74, 6) is -0.107. The van der Waals surface area contributed by atoms with Crippen molar-refractivity contribution in [3.63, 3.8) is 0 Å². The van der Waals surface area contributed by atoms with E-state index in [0.717, 1.165) is 37.9 Å². The first-order valence-electron chi connectivity index (χ1n) is 14.3. The molecule has 1 aliphatic rings. The van der Waals surface area contributed by atoms with Gasteiger partial charge in [0.05, 0.1) is 6.54 Å². The van der Waals surface area contributed by atoms with E-state index >= 15 is 0 Å². The molecule has 1 saturated heterocycles. The summed E-state index contributed by atoms with van der Waals surface area (Å²) in [5.41, 5.74) is 8.54. The Balaban J connectivity index is 1.47. The average Bonchev–Trinajstić information content (AvgIpc) is 2.98. The molecule has 3 aromatic carbocycles. The maximum absolute atomic E-state index is 13.3. The maximum atomic E-state index is 13.3. The number of Topliss-reactive ketones (excluding diaryl/α,β-unsaturated/α-hetero) is 2. The molecule has 226 valence electrons. The van der Waals surface area contributed by atoms with Crippen LogP contribution in [0.2, 0.25) is 0 Å². The molecule has 3 amide bonds. The number of hydrogen-bond acceptors (Lipinski definition) is 6. The molecule has 0 radical (unpaired) electrons. The summed E-state index contributed by atoms with van der Waals surface area (Å²) in [4.78, 5) is 52.8. The molecule has 0 spiro atoms. The van der Waals surface area contributed by atoms with E-state index in [0.29, 0.717) is 35.0 Å². The Bertz CT molecular complexity index is 1450. The number of ketones is 2. The number of amides is 3. The van der Waals surface area contributed by atoms with Crippen LogP contribution in [0.1, 0.15) is 53.0 Å². The number of carbonyl (C=O) groups excluding carboxylic acids is 4. The van der Waals surface area contributed by atoms with Crippen molar-refractivity contribution in [1.82, 2.24) is 4.90 Å². The second-order valence-corrected chi connectivity index (χ2v) is 10.9. The van der Waals surface area contributed by atoms with Gasteiger partial charge in [-0.05, 0) is 94.1 Å². The molecule has 9 nitrogen and oxygen atoms in total. The Morgan fingerprint density at radius 3 is 2.21 bits per heavy atom. The van der Waals surface area contributed by atoms with Crippen LogP contribution in [0.3, 0.4) is 0 Å². The predicted octanol–water partition coefficient (Wildman–Crippen LogP) is 5.69. The first kappa shape index (κ1) is 31.4. The Hall–Kier alpha value is -4.57. The number of urea groups is 1. The quantitative estimate of drug-likeness (QED) is 0.278. The first-order chi connectivity index (χ1) is 20.6. The number of carbonyl (C=O) groups is 4. The highest BCUT2D eigenvalue weighted by atomic mass is 19.1. The van der Waals surface area contributed by atoms with E-state index in [1.54, 1.807) is 48.5 Å². The zero-order chi connectivity index (χ0) is 30.9. The third-order valence-corrected chi connectivity index (χ3v) is 7.61. The third-order valence-electron chi connectivity index (χ3n) is 7.61. The fourth-order valence-corrected chi connectivity index (χ4v) is 5.28. The normalized spacial score (nSPS) is 14.5. The summed E-state index contributed by atoms with van der Waals surface area (Å²) >= 11 is 0. The monoisotopic (exact) mass is 588 g/mol. The highest BCUT2D eigenvalue weighted by Crippen LogP contribution is 2.24. The number of primary amides is 1. The van der Waals surface area contributed by atoms with E-state index in [-0.39, 0.29) is 23.9 Å². The smallest absolute Gasteiger partial charge is 0.412 e. The minimum absolute atomic E-state index is 0.0346. The molecule has 3 N–H and O–H groups in total. The summed E-state index contributed by atoms with van der Waals surface area (Å²) in [6.07, 6.45) is 1.18. The van der Waals surface area contributed by atoms with Crippen molar-refractivity contribution in [2.75, 3.05) is 36.4 Å². The van der Waals surface area contributed by atoms with Crippen molar-refractivity contribution in [2.24, 2.45) is 11.7 Å². The van der Waals surface area contributed by atoms with E-state index in [9.17, 15) is 23.6 Å². The number of benzene rings is 3. The number of rotatable bonds is 11. The summed E-state index contributed by atoms with van der Waals surface area (Å²) in [6.45, 7) is 4.70. The van der Waals surface area contributed by atoms with E-state index < -0.39 is 18.2 Å². The van der Waals surface area contributed by atoms with Gasteiger partial charge in [-0.3, -0.25) is 24.7 Å². The number of halogens is 1. The molecule has 0 saturated carbocycles. The number of ether oxygens (including phenoxy) is 1. The second-order valence-electron chi connectivity index (χ2n) is 10.9. The molecule has 43 heavy (non-hydrogen) atoms. The molecule has 0 unspecified atom stereocenters. The number of nitrogens with zero attached hydrogens (tertiary/aromatic N) is 2. The molecular weight excluding hydrogens is 551 g/mol. The average molecular weight is 589 g/mol. The van der Waals surface area contributed by atoms with Crippen LogP contribution < -0.4 is 16.0 Å². The van der Waals surface area contributed by atoms with E-state index in [4.69, 9.17) is 10.5 Å². The Kier molecular flexibility index (Phi) is 10.6. The predicted molar refractivity (Wildman–Crippen MR) is 163 cm³/mol. The van der Waals surface area contributed by atoms with Gasteiger partial charge in [0.1, 0.15) is 11.9 Å². The fourth-order valence-electron chi connectivity index (χ4n) is 5.28. The molecule has 1 fully saturated rings. The van der Waals surface area contributed by atoms with Crippen molar-refractivity contribution in [2.45, 2.75) is 39.2 Å². The van der Waals surface area contributed by atoms with Gasteiger partial charge in [-0.1, -0.05) is 36.4 Å². The lowest BCUT2D eigenvalue weighted by Gasteiger charge is -2.35. The molecule has 0 aliphatic carbocycles. The van der Waals surface area contributed by atoms with Crippen LogP contribution in [0.5, 0.6) is 0 Å². The standard InChI is InChI=1S/C33H37FN4O5/c1-22(39)26-5-3-7-29(18-26)36-33(42)43-31(21-38(32(35)41)30-8-4-6-27(19-30)23(2)40)20-37-15-13-25(14-16-37)17-24-9-11-28(34)12-10-24/h3-12,18-19,25,31H,13-17,20-21H2,1-2H3,(H2,35,41)(H,36,42)/t31-/m0/s1. The molecule has 1 heterocycles. The molecule has 0 bridgehead atoms. The first-order valence-corrected chi connectivity index (χ1v) is 14.3. The molecular formula is C33H37FN4O5. The highest BCUT2D eigenvalue weighted by Gasteiger charge is 2.27. The van der Waals surface area contributed by atoms with Crippen molar-refractivity contribution < 1.29 is 28.3 Å². The van der Waals surface area contributed by atoms with Crippen molar-refractivity contribution in [3.05, 3.63) is 95.3 Å². The number of likely N-dealkylation sites (tertiary alicyclic amines) is 1. The Labute approximate surface area is 250 Å². The third kappa shape index (κ3) is 9.21. The summed E-state index contributed by atoms with van der Waals surface area (Å²) in [7, 11) is 0. The largest absolute Gasteiger partial charge is 0.443 e. The molecule has 4 rings (SSSR count). The zero-order valence-corrected chi connectivity index (χ0v) is 24.4. The Morgan fingerprint density at radius 2 is 1.58 bits per heavy atom. The van der Waals surface area contributed by atoms with Crippen LogP contribution in [-0.2, 0) is 11.2 Å². The lowest BCUT2D eigenvalue weighted by atomic mass is 9.90. The van der Waals surface area contributed by atoms with Crippen LogP contribution in [0.4, 0.5) is 25.4 Å². The number of nitrogens with one attached hydrogen (secondary N) is 1. The van der Waals surface area contributed by atoms with E-state index in [1.807, 2.05) is 12.1 Å². The van der Waals surface area contributed by atoms with Gasteiger partial charge in [0, 0.05) is 29.0 Å². The van der Waals surface area contributed by atoms with Gasteiger partial charge in [-0.25, -0.2) is 14.0 Å². The van der Waals surface area contributed by atoms with Crippen LogP contribution in [0.15, 0.2) is 72.8 Å². The minimum atomic E-state index is -0.766. The molecule has 1 atom stereocenters. The highest BCUT2D eigenvalue weighted by molar-refractivity contribution is 5.97. The van der Waals surface area contributed by atoms with Crippen molar-refractivity contribution in [1.29, 1.82) is 0 Å². The van der Waals surface area contributed by atoms with Gasteiger partial charge in [0.25, 0.3) is 0 Å². The van der Waals surface area contributed by atoms with Gasteiger partial charge < -0.3 is 10.5 Å². The lowest BCUT2D eigenvalue weighted by Crippen LogP contribution is -2.48. The summed E-state index contributed by atoms with van der Waals surface area (Å²) in [5, 5.41) is 2.67. The van der Waals surface area contributed by atoms with Crippen molar-refractivity contribution >= 4 is 35.1 Å². The zero-order valence-electron chi connectivity index (χ0n) is 24.4. The topological polar surface area (TPSA) is 122 Å². The van der Waals surface area contributed by atoms with Crippen LogP contribution in [-0.4, -0.2) is 60.9 Å². The number of piperidine rings is 1. The maximum Gasteiger partial charge on any atom is 0.412 e. The molecule has 3 aromatic rings. The second kappa shape index (κ2) is 14.6. The number of nitrogens with two attached hydrogens (primary N) is 1. The van der Waals surface area contributed by atoms with Gasteiger partial charge in [0.15, 0.2) is 11.6 Å². The van der Waals surface area contributed by atoms with Crippen LogP contribution in [0, 0.1) is 11.7 Å². The number of hydrogen-bond donors (Lipinski definition) is 2. The lowest BCUT2D eigenvalue weighted by molar-refractivity contribution is 0.0704. The van der Waals surface area contributed by atoms with Gasteiger partial charge in [-0.15, -0.1) is 0 Å². The Morgan fingerprint density at radius 1 is 0.953 bits per heavy atom. The summed E-state index contributed by atoms with van der Waals surface area (Å²) in [6, 6.07) is 18.9. The molecule has 10 heteroatoms. The van der Waals surface area contributed by atoms with E-state index in [1.165, 1.54) is 30.9 Å². The van der Waals surface area contributed by atoms with Gasteiger partial charge in [0.2, 0.25) is 0 Å². The SMILES string of the molecule is CC(=O)c1cccc(NC(=O)O[C@@H](CN2CCC(Cc3ccc(F)cc3)CC2)CN(C(N)=O)c2cccc(C(C)=O)c2)c1. The minimum Gasteiger partial charge on any atom is -0.443 e. The van der Waals surface area contributed by atoms with Crippen molar-refractivity contribution in [3.8, 4) is 0 Å². The van der Waals surface area contributed by atoms with Gasteiger partial charge >= 0.3 is 12.1 Å². The molecule has 1 aliphatic heterocycles. The number of anilines is 2. The molecule has 0 aromatic heterocycles. The van der Waals surface area contributed by atoms with Gasteiger partial charge in [-0.2, -0.15) is 0 Å². The van der Waals surface area contributed by atoms with Crippen LogP contribution >= 0.6 is 0 Å². The fraction of sp³-hybridized carbons (Fsp3) is 0.333. The summed E-state index contributed by atoms with van der Waals surface area (Å²) < 4.78 is 19.1.